The van der Waals surface area contributed by atoms with Gasteiger partial charge >= 0.3 is 5.97 Å². The number of morpholine rings is 1. The van der Waals surface area contributed by atoms with E-state index in [0.717, 1.165) is 12.4 Å². The van der Waals surface area contributed by atoms with Crippen molar-refractivity contribution >= 4 is 11.9 Å². The third-order valence-corrected chi connectivity index (χ3v) is 3.67. The number of carbonyl (C=O) groups is 2. The van der Waals surface area contributed by atoms with Crippen LogP contribution >= 0.6 is 0 Å². The van der Waals surface area contributed by atoms with Crippen LogP contribution in [0, 0.1) is 6.92 Å². The number of ether oxygens (including phenoxy) is 1. The molecule has 1 unspecified atom stereocenters. The first-order chi connectivity index (χ1) is 10.1. The molecule has 2 heterocycles. The zero-order chi connectivity index (χ0) is 15.2. The van der Waals surface area contributed by atoms with Crippen molar-refractivity contribution in [2.45, 2.75) is 38.8 Å². The third-order valence-electron chi connectivity index (χ3n) is 3.67. The van der Waals surface area contributed by atoms with Gasteiger partial charge in [0.15, 0.2) is 0 Å². The lowest BCUT2D eigenvalue weighted by molar-refractivity contribution is -0.146. The highest BCUT2D eigenvalue weighted by Crippen LogP contribution is 2.13. The molecule has 1 fully saturated rings. The summed E-state index contributed by atoms with van der Waals surface area (Å²) in [6, 6.07) is -0.348. The van der Waals surface area contributed by atoms with E-state index in [1.807, 2.05) is 17.7 Å². The molecule has 0 aliphatic carbocycles. The highest BCUT2D eigenvalue weighted by molar-refractivity contribution is 5.77. The Bertz CT molecular complexity index is 500. The van der Waals surface area contributed by atoms with Crippen LogP contribution in [0.5, 0.6) is 0 Å². The van der Waals surface area contributed by atoms with E-state index >= 15 is 0 Å². The maximum atomic E-state index is 12.3. The number of amides is 1. The molecule has 1 saturated heterocycles. The quantitative estimate of drug-likeness (QED) is 0.834. The topological polar surface area (TPSA) is 84.7 Å². The fourth-order valence-corrected chi connectivity index (χ4v) is 2.54. The third kappa shape index (κ3) is 4.29. The molecule has 7 heteroatoms. The highest BCUT2D eigenvalue weighted by atomic mass is 16.5. The molecule has 2 rings (SSSR count). The molecule has 0 bridgehead atoms. The molecule has 0 radical (unpaired) electrons. The van der Waals surface area contributed by atoms with Crippen molar-refractivity contribution in [3.63, 3.8) is 0 Å². The number of aliphatic carboxylic acids is 1. The molecule has 1 aromatic rings. The van der Waals surface area contributed by atoms with Crippen molar-refractivity contribution in [2.75, 3.05) is 19.8 Å². The van der Waals surface area contributed by atoms with Crippen molar-refractivity contribution in [3.8, 4) is 0 Å². The van der Waals surface area contributed by atoms with E-state index in [4.69, 9.17) is 9.84 Å². The summed E-state index contributed by atoms with van der Waals surface area (Å²) in [5.74, 6) is 0.0252. The van der Waals surface area contributed by atoms with Crippen LogP contribution in [0.25, 0.3) is 0 Å². The van der Waals surface area contributed by atoms with Gasteiger partial charge in [-0.2, -0.15) is 0 Å². The Hall–Kier alpha value is -1.89. The summed E-state index contributed by atoms with van der Waals surface area (Å²) < 4.78 is 7.27. The van der Waals surface area contributed by atoms with Crippen LogP contribution < -0.4 is 0 Å². The Kier molecular flexibility index (Phi) is 5.32. The minimum atomic E-state index is -0.905. The maximum absolute atomic E-state index is 12.3. The first kappa shape index (κ1) is 15.5. The fourth-order valence-electron chi connectivity index (χ4n) is 2.54. The molecular formula is C14H21N3O4. The van der Waals surface area contributed by atoms with Crippen LogP contribution in [0.15, 0.2) is 12.4 Å². The SMILES string of the molecule is Cc1nccn1CCCC(=O)N1CCOCC1CC(=O)O. The summed E-state index contributed by atoms with van der Waals surface area (Å²) in [6.45, 7) is 3.92. The van der Waals surface area contributed by atoms with Gasteiger partial charge in [0.1, 0.15) is 5.82 Å². The molecule has 21 heavy (non-hydrogen) atoms. The molecule has 0 spiro atoms. The van der Waals surface area contributed by atoms with Gasteiger partial charge < -0.3 is 19.3 Å². The van der Waals surface area contributed by atoms with E-state index < -0.39 is 5.97 Å². The number of nitrogens with zero attached hydrogens (tertiary/aromatic N) is 3. The van der Waals surface area contributed by atoms with E-state index in [1.165, 1.54) is 0 Å². The number of carbonyl (C=O) groups excluding carboxylic acids is 1. The second-order valence-corrected chi connectivity index (χ2v) is 5.19. The van der Waals surface area contributed by atoms with Crippen molar-refractivity contribution in [3.05, 3.63) is 18.2 Å². The van der Waals surface area contributed by atoms with Crippen LogP contribution in [0.2, 0.25) is 0 Å². The number of imidazole rings is 1. The molecule has 7 nitrogen and oxygen atoms in total. The van der Waals surface area contributed by atoms with Crippen molar-refractivity contribution < 1.29 is 19.4 Å². The predicted octanol–water partition coefficient (Wildman–Crippen LogP) is 0.674. The summed E-state index contributed by atoms with van der Waals surface area (Å²) in [5, 5.41) is 8.89. The Labute approximate surface area is 123 Å². The Morgan fingerprint density at radius 2 is 2.33 bits per heavy atom. The molecule has 0 aromatic carbocycles. The van der Waals surface area contributed by atoms with Gasteiger partial charge in [-0.1, -0.05) is 0 Å². The number of carboxylic acid groups (broad SMARTS) is 1. The lowest BCUT2D eigenvalue weighted by atomic mass is 10.1. The van der Waals surface area contributed by atoms with Crippen LogP contribution in [0.1, 0.15) is 25.1 Å². The van der Waals surface area contributed by atoms with Crippen LogP contribution in [-0.4, -0.2) is 57.2 Å². The second kappa shape index (κ2) is 7.21. The van der Waals surface area contributed by atoms with Gasteiger partial charge in [0.25, 0.3) is 0 Å². The number of rotatable bonds is 6. The van der Waals surface area contributed by atoms with Gasteiger partial charge in [-0.25, -0.2) is 4.98 Å². The molecule has 1 amide bonds. The summed E-state index contributed by atoms with van der Waals surface area (Å²) in [4.78, 5) is 28.9. The van der Waals surface area contributed by atoms with E-state index in [-0.39, 0.29) is 18.4 Å². The Morgan fingerprint density at radius 1 is 1.52 bits per heavy atom. The number of aromatic nitrogens is 2. The normalized spacial score (nSPS) is 18.7. The predicted molar refractivity (Wildman–Crippen MR) is 74.8 cm³/mol. The lowest BCUT2D eigenvalue weighted by Gasteiger charge is -2.35. The monoisotopic (exact) mass is 295 g/mol. The molecule has 1 aliphatic heterocycles. The fraction of sp³-hybridized carbons (Fsp3) is 0.643. The molecule has 116 valence electrons. The summed E-state index contributed by atoms with van der Waals surface area (Å²) in [5.41, 5.74) is 0. The summed E-state index contributed by atoms with van der Waals surface area (Å²) >= 11 is 0. The van der Waals surface area contributed by atoms with Crippen LogP contribution in [-0.2, 0) is 20.9 Å². The number of hydrogen-bond acceptors (Lipinski definition) is 4. The average molecular weight is 295 g/mol. The van der Waals surface area contributed by atoms with Gasteiger partial charge in [-0.3, -0.25) is 9.59 Å². The number of aryl methyl sites for hydroxylation is 2. The first-order valence-corrected chi connectivity index (χ1v) is 7.14. The number of carboxylic acids is 1. The molecule has 1 atom stereocenters. The molecule has 1 aliphatic rings. The molecular weight excluding hydrogens is 274 g/mol. The molecule has 1 aromatic heterocycles. The number of hydrogen-bond donors (Lipinski definition) is 1. The lowest BCUT2D eigenvalue weighted by Crippen LogP contribution is -2.49. The van der Waals surface area contributed by atoms with E-state index in [0.29, 0.717) is 32.6 Å². The van der Waals surface area contributed by atoms with Gasteiger partial charge in [0.2, 0.25) is 5.91 Å². The van der Waals surface area contributed by atoms with Gasteiger partial charge in [-0.05, 0) is 13.3 Å². The van der Waals surface area contributed by atoms with Gasteiger partial charge in [0, 0.05) is 31.9 Å². The largest absolute Gasteiger partial charge is 0.481 e. The zero-order valence-corrected chi connectivity index (χ0v) is 12.2. The Balaban J connectivity index is 1.83. The maximum Gasteiger partial charge on any atom is 0.305 e. The van der Waals surface area contributed by atoms with Crippen molar-refractivity contribution in [1.82, 2.24) is 14.5 Å². The minimum Gasteiger partial charge on any atom is -0.481 e. The standard InChI is InChI=1S/C14H21N3O4/c1-11-15-4-6-16(11)5-2-3-13(18)17-7-8-21-10-12(17)9-14(19)20/h4,6,12H,2-3,5,7-10H2,1H3,(H,19,20). The summed E-state index contributed by atoms with van der Waals surface area (Å²) in [6.07, 6.45) is 4.69. The summed E-state index contributed by atoms with van der Waals surface area (Å²) in [7, 11) is 0. The van der Waals surface area contributed by atoms with Gasteiger partial charge in [0.05, 0.1) is 25.7 Å². The average Bonchev–Trinajstić information content (AvgIpc) is 2.84. The van der Waals surface area contributed by atoms with Crippen molar-refractivity contribution in [2.24, 2.45) is 0 Å². The van der Waals surface area contributed by atoms with E-state index in [2.05, 4.69) is 4.98 Å². The zero-order valence-electron chi connectivity index (χ0n) is 12.2. The second-order valence-electron chi connectivity index (χ2n) is 5.19. The van der Waals surface area contributed by atoms with Crippen LogP contribution in [0.4, 0.5) is 0 Å². The smallest absolute Gasteiger partial charge is 0.305 e. The Morgan fingerprint density at radius 3 is 3.00 bits per heavy atom. The van der Waals surface area contributed by atoms with E-state index in [9.17, 15) is 9.59 Å². The molecule has 1 N–H and O–H groups in total. The first-order valence-electron chi connectivity index (χ1n) is 7.14. The minimum absolute atomic E-state index is 0.00215. The molecule has 0 saturated carbocycles. The van der Waals surface area contributed by atoms with Crippen LogP contribution in [0.3, 0.4) is 0 Å². The van der Waals surface area contributed by atoms with E-state index in [1.54, 1.807) is 11.1 Å². The highest BCUT2D eigenvalue weighted by Gasteiger charge is 2.28. The van der Waals surface area contributed by atoms with Crippen molar-refractivity contribution in [1.29, 1.82) is 0 Å². The van der Waals surface area contributed by atoms with Gasteiger partial charge in [-0.15, -0.1) is 0 Å².